The van der Waals surface area contributed by atoms with Crippen LogP contribution < -0.4 is 0 Å². The van der Waals surface area contributed by atoms with E-state index in [2.05, 4.69) is 12.7 Å². The van der Waals surface area contributed by atoms with E-state index in [-0.39, 0.29) is 29.7 Å². The molecule has 0 saturated carbocycles. The highest BCUT2D eigenvalue weighted by molar-refractivity contribution is 6.10. The lowest BCUT2D eigenvalue weighted by Crippen LogP contribution is -2.39. The van der Waals surface area contributed by atoms with Crippen LogP contribution in [0.1, 0.15) is 60.3 Å². The van der Waals surface area contributed by atoms with Crippen molar-refractivity contribution in [1.29, 1.82) is 0 Å². The Balaban J connectivity index is 3.27. The molecule has 0 aromatic rings. The fourth-order valence-electron chi connectivity index (χ4n) is 2.97. The molecule has 1 rings (SSSR count). The number of Topliss-reactive ketones (excluding diaryl/α,β-unsaturated/α-hetero) is 1. The largest absolute Gasteiger partial charge is 0.511 e. The van der Waals surface area contributed by atoms with E-state index in [9.17, 15) is 14.7 Å². The highest BCUT2D eigenvalue weighted by Crippen LogP contribution is 2.44. The number of carbonyl (C=O) groups is 2. The normalized spacial score (nSPS) is 21.8. The lowest BCUT2D eigenvalue weighted by molar-refractivity contribution is -0.134. The Labute approximate surface area is 145 Å². The Morgan fingerprint density at radius 2 is 1.79 bits per heavy atom. The second kappa shape index (κ2) is 8.27. The zero-order valence-electron chi connectivity index (χ0n) is 15.6. The summed E-state index contributed by atoms with van der Waals surface area (Å²) in [5.74, 6) is -0.516. The first-order chi connectivity index (χ1) is 11.1. The lowest BCUT2D eigenvalue weighted by atomic mass is 9.66. The van der Waals surface area contributed by atoms with Crippen LogP contribution in [0.4, 0.5) is 0 Å². The minimum absolute atomic E-state index is 0.0816. The quantitative estimate of drug-likeness (QED) is 0.512. The number of aliphatic hydroxyl groups excluding tert-OH is 1. The Morgan fingerprint density at radius 3 is 2.25 bits per heavy atom. The first-order valence-corrected chi connectivity index (χ1v) is 8.48. The maximum absolute atomic E-state index is 12.7. The van der Waals surface area contributed by atoms with E-state index in [1.807, 2.05) is 40.7 Å². The lowest BCUT2D eigenvalue weighted by Gasteiger charge is -2.36. The second-order valence-electron chi connectivity index (χ2n) is 7.43. The molecule has 3 heteroatoms. The predicted octanol–water partition coefficient (Wildman–Crippen LogP) is 5.25. The van der Waals surface area contributed by atoms with Crippen LogP contribution in [0, 0.1) is 11.3 Å². The summed E-state index contributed by atoms with van der Waals surface area (Å²) in [6.45, 7) is 14.0. The molecule has 0 aromatic heterocycles. The van der Waals surface area contributed by atoms with Crippen LogP contribution in [0.5, 0.6) is 0 Å². The van der Waals surface area contributed by atoms with Crippen LogP contribution in [0.3, 0.4) is 0 Å². The first kappa shape index (κ1) is 20.1. The third kappa shape index (κ3) is 5.05. The highest BCUT2D eigenvalue weighted by Gasteiger charge is 2.46. The van der Waals surface area contributed by atoms with Gasteiger partial charge in [-0.2, -0.15) is 0 Å². The van der Waals surface area contributed by atoms with Gasteiger partial charge in [-0.15, -0.1) is 0 Å². The molecule has 0 radical (unpaired) electrons. The van der Waals surface area contributed by atoms with Gasteiger partial charge in [-0.3, -0.25) is 9.59 Å². The van der Waals surface area contributed by atoms with Crippen molar-refractivity contribution in [1.82, 2.24) is 0 Å². The van der Waals surface area contributed by atoms with E-state index in [0.717, 1.165) is 17.6 Å². The summed E-state index contributed by atoms with van der Waals surface area (Å²) in [5.41, 5.74) is 2.28. The summed E-state index contributed by atoms with van der Waals surface area (Å²) in [4.78, 5) is 24.4. The molecule has 132 valence electrons. The molecule has 0 fully saturated rings. The molecule has 0 bridgehead atoms. The maximum Gasteiger partial charge on any atom is 0.166 e. The van der Waals surface area contributed by atoms with Crippen LogP contribution in [0.2, 0.25) is 0 Å². The molecule has 0 saturated heterocycles. The third-order valence-corrected chi connectivity index (χ3v) is 4.62. The molecule has 1 aliphatic carbocycles. The number of rotatable bonds is 7. The molecule has 0 spiro atoms. The minimum atomic E-state index is -1.01. The monoisotopic (exact) mass is 330 g/mol. The van der Waals surface area contributed by atoms with Gasteiger partial charge < -0.3 is 5.11 Å². The van der Waals surface area contributed by atoms with E-state index in [1.54, 1.807) is 0 Å². The van der Waals surface area contributed by atoms with Crippen molar-refractivity contribution in [2.75, 3.05) is 0 Å². The molecule has 1 N–H and O–H groups in total. The molecule has 2 atom stereocenters. The zero-order chi connectivity index (χ0) is 18.5. The standard InChI is InChI=1S/C21H30O3/c1-14(2)7-8-17(16(5)6)13-21(10-9-15(3)4)19(23)11-18(22)12-20(21)24/h7,9,11,17,23H,5,8,10,12-13H2,1-4,6H3/t17-,21?/m1/s1. The van der Waals surface area contributed by atoms with E-state index in [4.69, 9.17) is 0 Å². The molecule has 1 aliphatic rings. The molecule has 24 heavy (non-hydrogen) atoms. The van der Waals surface area contributed by atoms with Crippen molar-refractivity contribution in [2.45, 2.75) is 60.3 Å². The number of hydrogen-bond acceptors (Lipinski definition) is 3. The van der Waals surface area contributed by atoms with Gasteiger partial charge in [0.05, 0.1) is 11.8 Å². The fraction of sp³-hybridized carbons (Fsp3) is 0.524. The molecule has 3 nitrogen and oxygen atoms in total. The summed E-state index contributed by atoms with van der Waals surface area (Å²) in [6.07, 6.45) is 6.87. The van der Waals surface area contributed by atoms with Crippen LogP contribution in [-0.4, -0.2) is 16.7 Å². The molecule has 0 aromatic carbocycles. The van der Waals surface area contributed by atoms with Crippen molar-refractivity contribution in [2.24, 2.45) is 11.3 Å². The average Bonchev–Trinajstić information content (AvgIpc) is 2.44. The summed E-state index contributed by atoms with van der Waals surface area (Å²) in [6, 6.07) is 0. The topological polar surface area (TPSA) is 54.4 Å². The molecule has 1 unspecified atom stereocenters. The van der Waals surface area contributed by atoms with Crippen molar-refractivity contribution in [3.63, 3.8) is 0 Å². The van der Waals surface area contributed by atoms with Crippen LogP contribution in [-0.2, 0) is 9.59 Å². The van der Waals surface area contributed by atoms with E-state index in [0.29, 0.717) is 12.8 Å². The van der Waals surface area contributed by atoms with Gasteiger partial charge in [0.1, 0.15) is 5.76 Å². The van der Waals surface area contributed by atoms with Gasteiger partial charge in [0.15, 0.2) is 11.6 Å². The molecular formula is C21H30O3. The van der Waals surface area contributed by atoms with Gasteiger partial charge >= 0.3 is 0 Å². The van der Waals surface area contributed by atoms with Gasteiger partial charge in [0.2, 0.25) is 0 Å². The van der Waals surface area contributed by atoms with Gasteiger partial charge in [-0.1, -0.05) is 35.5 Å². The highest BCUT2D eigenvalue weighted by atomic mass is 16.3. The molecule has 0 aliphatic heterocycles. The Hall–Kier alpha value is -1.90. The second-order valence-corrected chi connectivity index (χ2v) is 7.43. The number of hydrogen-bond donors (Lipinski definition) is 1. The Morgan fingerprint density at radius 1 is 1.21 bits per heavy atom. The van der Waals surface area contributed by atoms with E-state index >= 15 is 0 Å². The number of allylic oxidation sites excluding steroid dienone is 7. The molecule has 0 amide bonds. The van der Waals surface area contributed by atoms with Crippen LogP contribution in [0.25, 0.3) is 0 Å². The number of ketones is 2. The van der Waals surface area contributed by atoms with Crippen molar-refractivity contribution in [3.05, 3.63) is 47.3 Å². The van der Waals surface area contributed by atoms with Gasteiger partial charge in [0, 0.05) is 6.08 Å². The molecule has 0 heterocycles. The van der Waals surface area contributed by atoms with Gasteiger partial charge in [-0.25, -0.2) is 0 Å². The summed E-state index contributed by atoms with van der Waals surface area (Å²) >= 11 is 0. The van der Waals surface area contributed by atoms with Gasteiger partial charge in [0.25, 0.3) is 0 Å². The number of aliphatic hydroxyl groups is 1. The predicted molar refractivity (Wildman–Crippen MR) is 98.8 cm³/mol. The summed E-state index contributed by atoms with van der Waals surface area (Å²) in [7, 11) is 0. The Bertz CT molecular complexity index is 611. The number of carbonyl (C=O) groups excluding carboxylic acids is 2. The maximum atomic E-state index is 12.7. The van der Waals surface area contributed by atoms with Crippen LogP contribution >= 0.6 is 0 Å². The fourth-order valence-corrected chi connectivity index (χ4v) is 2.97. The van der Waals surface area contributed by atoms with Crippen molar-refractivity contribution >= 4 is 11.6 Å². The van der Waals surface area contributed by atoms with E-state index in [1.165, 1.54) is 11.6 Å². The first-order valence-electron chi connectivity index (χ1n) is 8.48. The average molecular weight is 330 g/mol. The van der Waals surface area contributed by atoms with Crippen molar-refractivity contribution < 1.29 is 14.7 Å². The van der Waals surface area contributed by atoms with E-state index < -0.39 is 5.41 Å². The minimum Gasteiger partial charge on any atom is -0.511 e. The third-order valence-electron chi connectivity index (χ3n) is 4.62. The van der Waals surface area contributed by atoms with Crippen LogP contribution in [0.15, 0.2) is 47.3 Å². The smallest absolute Gasteiger partial charge is 0.166 e. The summed E-state index contributed by atoms with van der Waals surface area (Å²) in [5, 5.41) is 10.5. The SMILES string of the molecule is C=C(C)[C@H](CC=C(C)C)CC1(CC=C(C)C)C(=O)CC(=O)C=C1O. The molecular weight excluding hydrogens is 300 g/mol. The van der Waals surface area contributed by atoms with Gasteiger partial charge in [-0.05, 0) is 59.8 Å². The van der Waals surface area contributed by atoms with Crippen molar-refractivity contribution in [3.8, 4) is 0 Å². The zero-order valence-corrected chi connectivity index (χ0v) is 15.6. The summed E-state index contributed by atoms with van der Waals surface area (Å²) < 4.78 is 0. The Kier molecular flexibility index (Phi) is 6.94.